The van der Waals surface area contributed by atoms with Crippen molar-refractivity contribution in [2.24, 2.45) is 5.73 Å². The minimum atomic E-state index is -3.51. The van der Waals surface area contributed by atoms with Crippen LogP contribution < -0.4 is 15.4 Å². The smallest absolute Gasteiger partial charge is 0.322 e. The number of sulfonamides is 1. The monoisotopic (exact) mass is 500 g/mol. The van der Waals surface area contributed by atoms with E-state index < -0.39 is 21.8 Å². The van der Waals surface area contributed by atoms with Crippen molar-refractivity contribution in [1.82, 2.24) is 9.71 Å². The lowest BCUT2D eigenvalue weighted by atomic mass is 10.00. The van der Waals surface area contributed by atoms with Gasteiger partial charge in [0.1, 0.15) is 4.34 Å². The van der Waals surface area contributed by atoms with Gasteiger partial charge in [-0.25, -0.2) is 23.0 Å². The largest absolute Gasteiger partial charge is 0.361 e. The number of amides is 2. The van der Waals surface area contributed by atoms with E-state index in [1.54, 1.807) is 18.2 Å². The number of thiazole rings is 1. The van der Waals surface area contributed by atoms with Crippen LogP contribution in [0.2, 0.25) is 4.34 Å². The lowest BCUT2D eigenvalue weighted by Crippen LogP contribution is -2.38. The molecular weight excluding hydrogens is 476 g/mol. The van der Waals surface area contributed by atoms with Gasteiger partial charge in [-0.15, -0.1) is 0 Å². The Morgan fingerprint density at radius 2 is 1.94 bits per heavy atom. The highest BCUT2D eigenvalue weighted by atomic mass is 35.5. The number of hydrogen-bond acceptors (Lipinski definition) is 7. The second-order valence-corrected chi connectivity index (χ2v) is 10.6. The average Bonchev–Trinajstić information content (AvgIpc) is 3.07. The Balaban J connectivity index is 2.55. The molecule has 32 heavy (non-hydrogen) atoms. The topological polar surface area (TPSA) is 140 Å². The molecule has 2 amide bonds. The van der Waals surface area contributed by atoms with Gasteiger partial charge in [-0.1, -0.05) is 54.3 Å². The molecule has 1 aromatic heterocycles. The van der Waals surface area contributed by atoms with E-state index in [1.807, 2.05) is 13.8 Å². The zero-order valence-corrected chi connectivity index (χ0v) is 20.4. The van der Waals surface area contributed by atoms with E-state index >= 15 is 0 Å². The first-order valence-electron chi connectivity index (χ1n) is 9.82. The third-order valence-corrected chi connectivity index (χ3v) is 6.44. The minimum absolute atomic E-state index is 0.00411. The van der Waals surface area contributed by atoms with E-state index in [0.717, 1.165) is 40.9 Å². The molecule has 2 aromatic rings. The van der Waals surface area contributed by atoms with E-state index in [1.165, 1.54) is 0 Å². The number of halogens is 1. The fourth-order valence-corrected chi connectivity index (χ4v) is 4.41. The third kappa shape index (κ3) is 6.83. The van der Waals surface area contributed by atoms with Crippen LogP contribution in [0, 0.1) is 6.92 Å². The molecule has 1 aromatic carbocycles. The number of benzene rings is 1. The Morgan fingerprint density at radius 1 is 1.25 bits per heavy atom. The zero-order valence-electron chi connectivity index (χ0n) is 18.0. The van der Waals surface area contributed by atoms with Gasteiger partial charge in [0.05, 0.1) is 24.2 Å². The van der Waals surface area contributed by atoms with E-state index in [9.17, 15) is 22.8 Å². The summed E-state index contributed by atoms with van der Waals surface area (Å²) in [7, 11) is -3.51. The number of anilines is 2. The van der Waals surface area contributed by atoms with Crippen molar-refractivity contribution in [2.45, 2.75) is 46.1 Å². The Hall–Kier alpha value is -2.34. The van der Waals surface area contributed by atoms with Crippen LogP contribution >= 0.6 is 22.9 Å². The molecule has 0 aliphatic rings. The number of rotatable bonds is 10. The molecule has 0 bridgehead atoms. The van der Waals surface area contributed by atoms with Crippen molar-refractivity contribution in [3.05, 3.63) is 39.4 Å². The summed E-state index contributed by atoms with van der Waals surface area (Å²) in [6.45, 7) is 3.63. The highest BCUT2D eigenvalue weighted by molar-refractivity contribution is 7.88. The third-order valence-electron chi connectivity index (χ3n) is 4.45. The van der Waals surface area contributed by atoms with Gasteiger partial charge in [-0.05, 0) is 25.5 Å². The van der Waals surface area contributed by atoms with Gasteiger partial charge in [0.15, 0.2) is 10.9 Å². The van der Waals surface area contributed by atoms with Crippen molar-refractivity contribution in [3.8, 4) is 0 Å². The molecule has 0 saturated heterocycles. The molecule has 3 N–H and O–H groups in total. The first kappa shape index (κ1) is 25.9. The van der Waals surface area contributed by atoms with E-state index in [4.69, 9.17) is 17.3 Å². The number of carbonyl (C=O) groups is 3. The number of unbranched alkanes of at least 4 members (excludes halogenated alkanes) is 2. The fraction of sp³-hybridized carbons (Fsp3) is 0.400. The Kier molecular flexibility index (Phi) is 8.90. The van der Waals surface area contributed by atoms with E-state index in [0.29, 0.717) is 6.42 Å². The normalized spacial score (nSPS) is 11.4. The summed E-state index contributed by atoms with van der Waals surface area (Å²) in [5.74, 6) is -2.51. The van der Waals surface area contributed by atoms with Crippen molar-refractivity contribution < 1.29 is 22.8 Å². The van der Waals surface area contributed by atoms with Gasteiger partial charge in [0, 0.05) is 12.0 Å². The molecule has 0 spiro atoms. The summed E-state index contributed by atoms with van der Waals surface area (Å²) in [5, 5.41) is -0.00411. The molecule has 9 nitrogen and oxygen atoms in total. The number of aromatic nitrogens is 1. The Bertz CT molecular complexity index is 1130. The van der Waals surface area contributed by atoms with Crippen LogP contribution in [0.3, 0.4) is 0 Å². The second kappa shape index (κ2) is 11.0. The predicted octanol–water partition coefficient (Wildman–Crippen LogP) is 3.07. The number of nitrogens with one attached hydrogen (secondary N) is 1. The zero-order chi connectivity index (χ0) is 24.1. The number of nitrogens with two attached hydrogens (primary N) is 1. The summed E-state index contributed by atoms with van der Waals surface area (Å²) in [6, 6.07) is 4.89. The maximum atomic E-state index is 12.9. The molecule has 12 heteroatoms. The average molecular weight is 501 g/mol. The predicted molar refractivity (Wildman–Crippen MR) is 125 cm³/mol. The lowest BCUT2D eigenvalue weighted by molar-refractivity contribution is -0.135. The molecular formula is C20H25ClN4O5S2. The number of ketones is 1. The van der Waals surface area contributed by atoms with Crippen LogP contribution in [0.4, 0.5) is 10.8 Å². The molecule has 0 atom stereocenters. The summed E-state index contributed by atoms with van der Waals surface area (Å²) in [5.41, 5.74) is 6.66. The highest BCUT2D eigenvalue weighted by Gasteiger charge is 2.30. The van der Waals surface area contributed by atoms with E-state index in [2.05, 4.69) is 9.71 Å². The SMILES string of the molecule is CCCCCC(=O)c1cc(C)ccc1N(C(=O)C(N)=O)c1nc(CNS(C)(=O)=O)c(Cl)s1. The van der Waals surface area contributed by atoms with Gasteiger partial charge in [0.2, 0.25) is 10.0 Å². The molecule has 2 rings (SSSR count). The number of hydrogen-bond donors (Lipinski definition) is 2. The Labute approximate surface area is 196 Å². The van der Waals surface area contributed by atoms with Gasteiger partial charge >= 0.3 is 11.8 Å². The number of Topliss-reactive ketones (excluding diaryl/α,β-unsaturated/α-hetero) is 1. The maximum Gasteiger partial charge on any atom is 0.322 e. The number of aryl methyl sites for hydroxylation is 1. The first-order chi connectivity index (χ1) is 14.9. The molecule has 174 valence electrons. The minimum Gasteiger partial charge on any atom is -0.361 e. The van der Waals surface area contributed by atoms with Crippen LogP contribution in [0.5, 0.6) is 0 Å². The number of primary amides is 1. The van der Waals surface area contributed by atoms with Crippen LogP contribution in [-0.2, 0) is 26.2 Å². The Morgan fingerprint density at radius 3 is 2.53 bits per heavy atom. The van der Waals surface area contributed by atoms with Gasteiger partial charge < -0.3 is 5.73 Å². The summed E-state index contributed by atoms with van der Waals surface area (Å²) in [4.78, 5) is 42.7. The lowest BCUT2D eigenvalue weighted by Gasteiger charge is -2.21. The van der Waals surface area contributed by atoms with Crippen LogP contribution in [0.1, 0.15) is 54.2 Å². The molecule has 0 fully saturated rings. The number of nitrogens with zero attached hydrogens (tertiary/aromatic N) is 2. The van der Waals surface area contributed by atoms with Gasteiger partial charge in [-0.2, -0.15) is 0 Å². The highest BCUT2D eigenvalue weighted by Crippen LogP contribution is 2.37. The molecule has 0 unspecified atom stereocenters. The molecule has 1 heterocycles. The first-order valence-corrected chi connectivity index (χ1v) is 12.9. The van der Waals surface area contributed by atoms with Gasteiger partial charge in [0.25, 0.3) is 0 Å². The fourth-order valence-electron chi connectivity index (χ4n) is 2.87. The van der Waals surface area contributed by atoms with Crippen molar-refractivity contribution >= 4 is 61.4 Å². The quantitative estimate of drug-likeness (QED) is 0.292. The second-order valence-electron chi connectivity index (χ2n) is 7.22. The van der Waals surface area contributed by atoms with Gasteiger partial charge in [-0.3, -0.25) is 14.4 Å². The summed E-state index contributed by atoms with van der Waals surface area (Å²) >= 11 is 7.07. The molecule has 0 radical (unpaired) electrons. The summed E-state index contributed by atoms with van der Waals surface area (Å²) < 4.78 is 25.2. The molecule has 0 saturated carbocycles. The standard InChI is InChI=1S/C20H25ClN4O5S2/c1-4-5-6-7-16(26)13-10-12(2)8-9-15(13)25(19(28)18(22)27)20-24-14(17(21)31-20)11-23-32(3,29)30/h8-10,23H,4-7,11H2,1-3H3,(H2,22,27). The van der Waals surface area contributed by atoms with Crippen molar-refractivity contribution in [3.63, 3.8) is 0 Å². The number of carbonyl (C=O) groups excluding carboxylic acids is 3. The summed E-state index contributed by atoms with van der Waals surface area (Å²) in [6.07, 6.45) is 3.79. The van der Waals surface area contributed by atoms with Crippen molar-refractivity contribution in [1.29, 1.82) is 0 Å². The van der Waals surface area contributed by atoms with E-state index in [-0.39, 0.29) is 45.2 Å². The van der Waals surface area contributed by atoms with Crippen LogP contribution in [0.15, 0.2) is 18.2 Å². The van der Waals surface area contributed by atoms with Crippen LogP contribution in [0.25, 0.3) is 0 Å². The van der Waals surface area contributed by atoms with Crippen molar-refractivity contribution in [2.75, 3.05) is 11.2 Å². The molecule has 0 aliphatic carbocycles. The van der Waals surface area contributed by atoms with Crippen LogP contribution in [-0.4, -0.2) is 37.3 Å². The molecule has 0 aliphatic heterocycles. The maximum absolute atomic E-state index is 12.9.